The lowest BCUT2D eigenvalue weighted by molar-refractivity contribution is -0.139. The number of aliphatic carboxylic acids is 1. The summed E-state index contributed by atoms with van der Waals surface area (Å²) in [4.78, 5) is 10.5. The largest absolute Gasteiger partial charge is 0.480 e. The fourth-order valence-corrected chi connectivity index (χ4v) is 0.670. The van der Waals surface area contributed by atoms with E-state index in [9.17, 15) is 4.79 Å². The Morgan fingerprint density at radius 2 is 2.50 bits per heavy atom. The van der Waals surface area contributed by atoms with E-state index in [1.807, 2.05) is 0 Å². The quantitative estimate of drug-likeness (QED) is 0.426. The molecule has 0 spiro atoms. The molecule has 0 bridgehead atoms. The molecule has 0 unspecified atom stereocenters. The summed E-state index contributed by atoms with van der Waals surface area (Å²) in [6.45, 7) is 6.93. The normalized spacial score (nSPS) is 11.8. The van der Waals surface area contributed by atoms with E-state index in [2.05, 4.69) is 23.7 Å². The fourth-order valence-electron chi connectivity index (χ4n) is 0.670. The Morgan fingerprint density at radius 3 is 2.75 bits per heavy atom. The standard InChI is InChI=1S/C7H13N3O2/c1-4-10(9-3)5-6(8-2)7(11)12/h4,6,8H,1,3,5H2,2H3,(H,11,12)/t6-/m0/s1. The van der Waals surface area contributed by atoms with Crippen LogP contribution in [0, 0.1) is 0 Å². The first-order chi connectivity index (χ1) is 5.65. The van der Waals surface area contributed by atoms with E-state index < -0.39 is 12.0 Å². The van der Waals surface area contributed by atoms with Gasteiger partial charge in [0.25, 0.3) is 0 Å². The summed E-state index contributed by atoms with van der Waals surface area (Å²) in [7, 11) is 1.57. The molecular formula is C7H13N3O2. The van der Waals surface area contributed by atoms with E-state index in [0.717, 1.165) is 0 Å². The maximum Gasteiger partial charge on any atom is 0.322 e. The number of hydrogen-bond acceptors (Lipinski definition) is 4. The summed E-state index contributed by atoms with van der Waals surface area (Å²) in [5.41, 5.74) is 0. The van der Waals surface area contributed by atoms with Crippen LogP contribution in [0.5, 0.6) is 0 Å². The molecule has 0 aromatic heterocycles. The van der Waals surface area contributed by atoms with Crippen molar-refractivity contribution in [1.82, 2.24) is 10.3 Å². The second-order valence-corrected chi connectivity index (χ2v) is 2.13. The van der Waals surface area contributed by atoms with E-state index in [1.54, 1.807) is 7.05 Å². The van der Waals surface area contributed by atoms with Crippen LogP contribution in [0.25, 0.3) is 0 Å². The number of rotatable bonds is 6. The van der Waals surface area contributed by atoms with Crippen LogP contribution < -0.4 is 5.32 Å². The average molecular weight is 171 g/mol. The van der Waals surface area contributed by atoms with Crippen molar-refractivity contribution in [3.63, 3.8) is 0 Å². The predicted molar refractivity (Wildman–Crippen MR) is 46.9 cm³/mol. The van der Waals surface area contributed by atoms with Crippen molar-refractivity contribution in [2.45, 2.75) is 6.04 Å². The third kappa shape index (κ3) is 3.16. The van der Waals surface area contributed by atoms with Crippen molar-refractivity contribution >= 4 is 12.7 Å². The van der Waals surface area contributed by atoms with Gasteiger partial charge in [-0.25, -0.2) is 0 Å². The van der Waals surface area contributed by atoms with Crippen molar-refractivity contribution in [2.24, 2.45) is 5.10 Å². The number of nitrogens with one attached hydrogen (secondary N) is 1. The predicted octanol–water partition coefficient (Wildman–Crippen LogP) is -0.280. The molecule has 0 heterocycles. The third-order valence-corrected chi connectivity index (χ3v) is 1.41. The zero-order chi connectivity index (χ0) is 9.56. The Morgan fingerprint density at radius 1 is 1.92 bits per heavy atom. The van der Waals surface area contributed by atoms with Gasteiger partial charge in [-0.1, -0.05) is 6.58 Å². The van der Waals surface area contributed by atoms with Gasteiger partial charge in [-0.15, -0.1) is 0 Å². The van der Waals surface area contributed by atoms with Crippen LogP contribution in [0.3, 0.4) is 0 Å². The molecule has 0 aromatic carbocycles. The number of nitrogens with zero attached hydrogens (tertiary/aromatic N) is 2. The van der Waals surface area contributed by atoms with Gasteiger partial charge in [-0.3, -0.25) is 9.80 Å². The van der Waals surface area contributed by atoms with Crippen molar-refractivity contribution in [3.8, 4) is 0 Å². The van der Waals surface area contributed by atoms with Crippen LogP contribution in [-0.4, -0.2) is 42.4 Å². The zero-order valence-corrected chi connectivity index (χ0v) is 7.03. The molecule has 5 heteroatoms. The van der Waals surface area contributed by atoms with Gasteiger partial charge in [0.15, 0.2) is 0 Å². The third-order valence-electron chi connectivity index (χ3n) is 1.41. The topological polar surface area (TPSA) is 64.9 Å². The molecule has 68 valence electrons. The Kier molecular flexibility index (Phi) is 4.71. The molecule has 0 rings (SSSR count). The molecule has 0 aliphatic rings. The van der Waals surface area contributed by atoms with Crippen LogP contribution >= 0.6 is 0 Å². The number of hydrazone groups is 1. The lowest BCUT2D eigenvalue weighted by Gasteiger charge is -2.17. The Balaban J connectivity index is 4.08. The second-order valence-electron chi connectivity index (χ2n) is 2.13. The maximum atomic E-state index is 10.5. The molecule has 12 heavy (non-hydrogen) atoms. The van der Waals surface area contributed by atoms with Crippen molar-refractivity contribution < 1.29 is 9.90 Å². The van der Waals surface area contributed by atoms with Gasteiger partial charge in [0.2, 0.25) is 0 Å². The molecule has 0 aliphatic heterocycles. The summed E-state index contributed by atoms with van der Waals surface area (Å²) in [6, 6.07) is -0.659. The number of likely N-dealkylation sites (N-methyl/N-ethyl adjacent to an activating group) is 1. The number of carbonyl (C=O) groups is 1. The van der Waals surface area contributed by atoms with E-state index in [-0.39, 0.29) is 6.54 Å². The van der Waals surface area contributed by atoms with Gasteiger partial charge in [0.05, 0.1) is 6.54 Å². The van der Waals surface area contributed by atoms with Crippen molar-refractivity contribution in [3.05, 3.63) is 12.8 Å². The van der Waals surface area contributed by atoms with Gasteiger partial charge < -0.3 is 10.4 Å². The molecule has 0 aromatic rings. The number of carboxylic acids is 1. The van der Waals surface area contributed by atoms with E-state index in [1.165, 1.54) is 11.2 Å². The maximum absolute atomic E-state index is 10.5. The van der Waals surface area contributed by atoms with Gasteiger partial charge in [0, 0.05) is 12.9 Å². The Hall–Kier alpha value is -1.36. The molecule has 5 nitrogen and oxygen atoms in total. The first-order valence-corrected chi connectivity index (χ1v) is 3.41. The fraction of sp³-hybridized carbons (Fsp3) is 0.429. The van der Waals surface area contributed by atoms with Crippen LogP contribution in [-0.2, 0) is 4.79 Å². The van der Waals surface area contributed by atoms with Gasteiger partial charge in [-0.2, -0.15) is 5.10 Å². The summed E-state index contributed by atoms with van der Waals surface area (Å²) < 4.78 is 0. The van der Waals surface area contributed by atoms with E-state index in [0.29, 0.717) is 0 Å². The van der Waals surface area contributed by atoms with E-state index in [4.69, 9.17) is 5.11 Å². The molecule has 2 N–H and O–H groups in total. The molecule has 0 radical (unpaired) electrons. The van der Waals surface area contributed by atoms with Crippen molar-refractivity contribution in [1.29, 1.82) is 0 Å². The Labute approximate surface area is 71.4 Å². The molecule has 0 fully saturated rings. The van der Waals surface area contributed by atoms with Crippen LogP contribution in [0.15, 0.2) is 17.9 Å². The van der Waals surface area contributed by atoms with Crippen LogP contribution in [0.2, 0.25) is 0 Å². The summed E-state index contributed by atoms with van der Waals surface area (Å²) in [6.07, 6.45) is 1.42. The summed E-state index contributed by atoms with van der Waals surface area (Å²) >= 11 is 0. The summed E-state index contributed by atoms with van der Waals surface area (Å²) in [5.74, 6) is -0.923. The molecule has 1 atom stereocenters. The molecular weight excluding hydrogens is 158 g/mol. The van der Waals surface area contributed by atoms with Crippen molar-refractivity contribution in [2.75, 3.05) is 13.6 Å². The van der Waals surface area contributed by atoms with Gasteiger partial charge >= 0.3 is 5.97 Å². The highest BCUT2D eigenvalue weighted by Gasteiger charge is 2.16. The van der Waals surface area contributed by atoms with Gasteiger partial charge in [0.1, 0.15) is 6.04 Å². The first-order valence-electron chi connectivity index (χ1n) is 3.41. The molecule has 0 amide bonds. The number of hydrogen-bond donors (Lipinski definition) is 2. The lowest BCUT2D eigenvalue weighted by atomic mass is 10.3. The SMILES string of the molecule is C=CN(C[C@H](NC)C(=O)O)N=C. The highest BCUT2D eigenvalue weighted by molar-refractivity contribution is 5.73. The minimum atomic E-state index is -0.923. The number of carboxylic acid groups (broad SMARTS) is 1. The smallest absolute Gasteiger partial charge is 0.322 e. The minimum Gasteiger partial charge on any atom is -0.480 e. The zero-order valence-electron chi connectivity index (χ0n) is 7.03. The minimum absolute atomic E-state index is 0.221. The van der Waals surface area contributed by atoms with Gasteiger partial charge in [-0.05, 0) is 7.05 Å². The Bertz CT molecular complexity index is 173. The monoisotopic (exact) mass is 171 g/mol. The molecule has 0 saturated carbocycles. The van der Waals surface area contributed by atoms with Crippen LogP contribution in [0.1, 0.15) is 0 Å². The molecule has 0 saturated heterocycles. The first kappa shape index (κ1) is 10.6. The lowest BCUT2D eigenvalue weighted by Crippen LogP contribution is -2.41. The highest BCUT2D eigenvalue weighted by atomic mass is 16.4. The average Bonchev–Trinajstić information content (AvgIpc) is 2.06. The summed E-state index contributed by atoms with van der Waals surface area (Å²) in [5, 5.41) is 16.1. The second kappa shape index (κ2) is 5.31. The molecule has 0 aliphatic carbocycles. The van der Waals surface area contributed by atoms with Crippen LogP contribution in [0.4, 0.5) is 0 Å². The van der Waals surface area contributed by atoms with E-state index >= 15 is 0 Å². The highest BCUT2D eigenvalue weighted by Crippen LogP contribution is 1.92.